The van der Waals surface area contributed by atoms with Crippen LogP contribution in [0.2, 0.25) is 0 Å². The predicted octanol–water partition coefficient (Wildman–Crippen LogP) is 6.03. The number of unbranched alkanes of at least 4 members (excludes halogenated alkanes) is 1. The normalized spacial score (nSPS) is 11.7. The van der Waals surface area contributed by atoms with Crippen LogP contribution in [0.3, 0.4) is 0 Å². The van der Waals surface area contributed by atoms with E-state index in [-0.39, 0.29) is 0 Å². The van der Waals surface area contributed by atoms with Crippen molar-refractivity contribution in [3.63, 3.8) is 0 Å². The average Bonchev–Trinajstić information content (AvgIpc) is 2.70. The van der Waals surface area contributed by atoms with Crippen LogP contribution in [0, 0.1) is 13.8 Å². The van der Waals surface area contributed by atoms with Gasteiger partial charge in [0.25, 0.3) is 0 Å². The number of nitrogens with zero attached hydrogens (tertiary/aromatic N) is 1. The van der Waals surface area contributed by atoms with Crippen LogP contribution in [0.1, 0.15) is 48.9 Å². The first-order valence-corrected chi connectivity index (χ1v) is 10.2. The van der Waals surface area contributed by atoms with Crippen LogP contribution in [-0.2, 0) is 11.3 Å². The van der Waals surface area contributed by atoms with Gasteiger partial charge in [-0.25, -0.2) is 0 Å². The largest absolute Gasteiger partial charge is 0.493 e. The molecule has 0 unspecified atom stereocenters. The molecule has 0 fully saturated rings. The van der Waals surface area contributed by atoms with Crippen molar-refractivity contribution in [3.8, 4) is 11.5 Å². The smallest absolute Gasteiger partial charge is 0.125 e. The van der Waals surface area contributed by atoms with E-state index in [2.05, 4.69) is 43.3 Å². The van der Waals surface area contributed by atoms with Crippen molar-refractivity contribution >= 4 is 5.71 Å². The fourth-order valence-corrected chi connectivity index (χ4v) is 3.17. The monoisotopic (exact) mass is 395 g/mol. The summed E-state index contributed by atoms with van der Waals surface area (Å²) in [6.07, 6.45) is 7.14. The first-order chi connectivity index (χ1) is 14.0. The molecule has 0 atom stereocenters. The predicted molar refractivity (Wildman–Crippen MR) is 120 cm³/mol. The Labute approximate surface area is 175 Å². The average molecular weight is 396 g/mol. The van der Waals surface area contributed by atoms with Crippen molar-refractivity contribution in [1.29, 1.82) is 0 Å². The van der Waals surface area contributed by atoms with E-state index in [1.165, 1.54) is 5.56 Å². The van der Waals surface area contributed by atoms with Crippen molar-refractivity contribution in [1.82, 2.24) is 0 Å². The lowest BCUT2D eigenvalue weighted by Crippen LogP contribution is -2.03. The molecule has 0 aliphatic carbocycles. The first kappa shape index (κ1) is 22.5. The van der Waals surface area contributed by atoms with Gasteiger partial charge in [0.05, 0.1) is 12.3 Å². The molecule has 2 aromatic rings. The van der Waals surface area contributed by atoms with E-state index in [9.17, 15) is 0 Å². The van der Waals surface area contributed by atoms with Gasteiger partial charge in [-0.1, -0.05) is 41.6 Å². The van der Waals surface area contributed by atoms with Crippen LogP contribution < -0.4 is 9.47 Å². The summed E-state index contributed by atoms with van der Waals surface area (Å²) in [6.45, 7) is 9.39. The Morgan fingerprint density at radius 1 is 1.00 bits per heavy atom. The second kappa shape index (κ2) is 11.9. The van der Waals surface area contributed by atoms with E-state index in [1.807, 2.05) is 38.1 Å². The van der Waals surface area contributed by atoms with E-state index < -0.39 is 0 Å². The number of oxime groups is 1. The summed E-state index contributed by atoms with van der Waals surface area (Å²) in [6, 6.07) is 12.6. The Morgan fingerprint density at radius 2 is 1.69 bits per heavy atom. The number of aryl methyl sites for hydroxylation is 3. The molecule has 4 heteroatoms. The third-order valence-corrected chi connectivity index (χ3v) is 4.72. The van der Waals surface area contributed by atoms with Gasteiger partial charge in [0.2, 0.25) is 0 Å². The van der Waals surface area contributed by atoms with Crippen LogP contribution in [0.4, 0.5) is 0 Å². The SMILES string of the molecule is C/C=C/COc1cc(C)c(OCCCCc2ccc(/C(C)=N/OC)cc2)c(C)c1. The molecule has 0 aliphatic rings. The molecule has 0 amide bonds. The minimum atomic E-state index is 0.593. The van der Waals surface area contributed by atoms with Crippen molar-refractivity contribution in [2.45, 2.75) is 47.0 Å². The third kappa shape index (κ3) is 7.30. The number of hydrogen-bond acceptors (Lipinski definition) is 4. The number of benzene rings is 2. The maximum absolute atomic E-state index is 6.06. The van der Waals surface area contributed by atoms with Crippen LogP contribution in [-0.4, -0.2) is 26.0 Å². The number of hydrogen-bond donors (Lipinski definition) is 0. The van der Waals surface area contributed by atoms with E-state index in [4.69, 9.17) is 14.3 Å². The highest BCUT2D eigenvalue weighted by Crippen LogP contribution is 2.28. The van der Waals surface area contributed by atoms with Gasteiger partial charge in [0, 0.05) is 0 Å². The summed E-state index contributed by atoms with van der Waals surface area (Å²) >= 11 is 0. The van der Waals surface area contributed by atoms with Gasteiger partial charge in [-0.2, -0.15) is 0 Å². The summed E-state index contributed by atoms with van der Waals surface area (Å²) < 4.78 is 11.8. The van der Waals surface area contributed by atoms with Gasteiger partial charge in [-0.05, 0) is 81.3 Å². The van der Waals surface area contributed by atoms with Gasteiger partial charge >= 0.3 is 0 Å². The molecule has 0 heterocycles. The molecule has 156 valence electrons. The van der Waals surface area contributed by atoms with E-state index in [1.54, 1.807) is 7.11 Å². The molecule has 29 heavy (non-hydrogen) atoms. The van der Waals surface area contributed by atoms with Crippen LogP contribution in [0.25, 0.3) is 0 Å². The van der Waals surface area contributed by atoms with Gasteiger partial charge in [-0.3, -0.25) is 0 Å². The van der Waals surface area contributed by atoms with E-state index >= 15 is 0 Å². The highest BCUT2D eigenvalue weighted by atomic mass is 16.6. The second-order valence-corrected chi connectivity index (χ2v) is 7.13. The summed E-state index contributed by atoms with van der Waals surface area (Å²) in [7, 11) is 1.57. The number of ether oxygens (including phenoxy) is 2. The molecule has 0 bridgehead atoms. The zero-order valence-corrected chi connectivity index (χ0v) is 18.3. The van der Waals surface area contributed by atoms with Gasteiger partial charge in [0.15, 0.2) is 0 Å². The molecule has 2 rings (SSSR count). The molecule has 0 saturated carbocycles. The maximum Gasteiger partial charge on any atom is 0.125 e. The zero-order valence-electron chi connectivity index (χ0n) is 18.3. The van der Waals surface area contributed by atoms with Gasteiger partial charge in [0.1, 0.15) is 25.2 Å². The Morgan fingerprint density at radius 3 is 2.31 bits per heavy atom. The quantitative estimate of drug-likeness (QED) is 0.202. The van der Waals surface area contributed by atoms with Crippen molar-refractivity contribution in [2.24, 2.45) is 5.16 Å². The number of allylic oxidation sites excluding steroid dienone is 1. The number of rotatable bonds is 11. The lowest BCUT2D eigenvalue weighted by atomic mass is 10.0. The fraction of sp³-hybridized carbons (Fsp3) is 0.400. The fourth-order valence-electron chi connectivity index (χ4n) is 3.17. The molecular weight excluding hydrogens is 362 g/mol. The van der Waals surface area contributed by atoms with E-state index in [0.717, 1.165) is 59.8 Å². The Balaban J connectivity index is 1.78. The molecule has 0 aromatic heterocycles. The topological polar surface area (TPSA) is 40.0 Å². The van der Waals surface area contributed by atoms with Gasteiger partial charge < -0.3 is 14.3 Å². The molecule has 4 nitrogen and oxygen atoms in total. The molecular formula is C25H33NO3. The summed E-state index contributed by atoms with van der Waals surface area (Å²) in [5.74, 6) is 1.86. The minimum Gasteiger partial charge on any atom is -0.493 e. The zero-order chi connectivity index (χ0) is 21.1. The Bertz CT molecular complexity index is 799. The van der Waals surface area contributed by atoms with Crippen LogP contribution in [0.15, 0.2) is 53.7 Å². The maximum atomic E-state index is 6.06. The lowest BCUT2D eigenvalue weighted by molar-refractivity contribution is 0.213. The van der Waals surface area contributed by atoms with E-state index in [0.29, 0.717) is 6.61 Å². The Hall–Kier alpha value is -2.75. The first-order valence-electron chi connectivity index (χ1n) is 10.2. The standard InChI is InChI=1S/C25H33NO3/c1-6-7-15-28-24-17-19(2)25(20(3)18-24)29-16-9-8-10-22-11-13-23(14-12-22)21(4)26-27-5/h6-7,11-14,17-18H,8-10,15-16H2,1-5H3/b7-6+,26-21+. The molecule has 0 spiro atoms. The molecule has 0 saturated heterocycles. The summed E-state index contributed by atoms with van der Waals surface area (Å²) in [5.41, 5.74) is 5.53. The molecule has 0 aliphatic heterocycles. The summed E-state index contributed by atoms with van der Waals surface area (Å²) in [5, 5.41) is 3.97. The van der Waals surface area contributed by atoms with Gasteiger partial charge in [-0.15, -0.1) is 0 Å². The third-order valence-electron chi connectivity index (χ3n) is 4.72. The summed E-state index contributed by atoms with van der Waals surface area (Å²) in [4.78, 5) is 4.83. The van der Waals surface area contributed by atoms with Crippen molar-refractivity contribution in [2.75, 3.05) is 20.3 Å². The molecule has 0 radical (unpaired) electrons. The molecule has 2 aromatic carbocycles. The highest BCUT2D eigenvalue weighted by molar-refractivity contribution is 5.98. The van der Waals surface area contributed by atoms with Crippen molar-refractivity contribution < 1.29 is 14.3 Å². The Kier molecular flexibility index (Phi) is 9.29. The van der Waals surface area contributed by atoms with Crippen molar-refractivity contribution in [3.05, 3.63) is 70.8 Å². The second-order valence-electron chi connectivity index (χ2n) is 7.13. The minimum absolute atomic E-state index is 0.593. The lowest BCUT2D eigenvalue weighted by Gasteiger charge is -2.14. The highest BCUT2D eigenvalue weighted by Gasteiger charge is 2.07. The molecule has 0 N–H and O–H groups in total. The van der Waals surface area contributed by atoms with Crippen LogP contribution in [0.5, 0.6) is 11.5 Å². The van der Waals surface area contributed by atoms with Crippen LogP contribution >= 0.6 is 0 Å².